The minimum atomic E-state index is 0.186. The van der Waals surface area contributed by atoms with Crippen LogP contribution in [0.3, 0.4) is 0 Å². The third-order valence-corrected chi connectivity index (χ3v) is 5.41. The highest BCUT2D eigenvalue weighted by molar-refractivity contribution is 7.10. The molecule has 0 spiro atoms. The molecule has 0 saturated carbocycles. The average molecular weight is 280 g/mol. The van der Waals surface area contributed by atoms with Gasteiger partial charge in [0.1, 0.15) is 0 Å². The van der Waals surface area contributed by atoms with Crippen molar-refractivity contribution in [1.82, 2.24) is 4.90 Å². The quantitative estimate of drug-likeness (QED) is 0.910. The monoisotopic (exact) mass is 280 g/mol. The Labute approximate surface area is 122 Å². The van der Waals surface area contributed by atoms with Crippen molar-refractivity contribution in [2.45, 2.75) is 46.1 Å². The minimum Gasteiger partial charge on any atom is -0.322 e. The van der Waals surface area contributed by atoms with Gasteiger partial charge in [-0.05, 0) is 55.1 Å². The van der Waals surface area contributed by atoms with E-state index in [0.717, 1.165) is 12.5 Å². The molecule has 2 unspecified atom stereocenters. The first-order valence-electron chi connectivity index (χ1n) is 7.48. The minimum absolute atomic E-state index is 0.186. The van der Waals surface area contributed by atoms with E-state index in [9.17, 15) is 0 Å². The largest absolute Gasteiger partial charge is 0.322 e. The summed E-state index contributed by atoms with van der Waals surface area (Å²) < 4.78 is 0. The fraction of sp³-hybridized carbons (Fsp3) is 0.750. The molecule has 108 valence electrons. The van der Waals surface area contributed by atoms with Crippen LogP contribution in [0.1, 0.15) is 51.0 Å². The van der Waals surface area contributed by atoms with Gasteiger partial charge in [0.2, 0.25) is 0 Å². The Hall–Kier alpha value is -0.380. The molecular formula is C16H28N2S. The van der Waals surface area contributed by atoms with Gasteiger partial charge in [0.05, 0.1) is 6.04 Å². The number of hydrogen-bond donors (Lipinski definition) is 1. The molecule has 2 nitrogen and oxygen atoms in total. The topological polar surface area (TPSA) is 29.3 Å². The van der Waals surface area contributed by atoms with Crippen LogP contribution < -0.4 is 5.73 Å². The summed E-state index contributed by atoms with van der Waals surface area (Å²) in [5.41, 5.74) is 6.76. The number of hydrogen-bond acceptors (Lipinski definition) is 3. The summed E-state index contributed by atoms with van der Waals surface area (Å²) in [6.07, 6.45) is 4.01. The van der Waals surface area contributed by atoms with E-state index in [2.05, 4.69) is 43.2 Å². The maximum absolute atomic E-state index is 6.31. The highest BCUT2D eigenvalue weighted by Crippen LogP contribution is 2.34. The van der Waals surface area contributed by atoms with Gasteiger partial charge in [-0.1, -0.05) is 26.8 Å². The Morgan fingerprint density at radius 1 is 1.37 bits per heavy atom. The Kier molecular flexibility index (Phi) is 5.04. The van der Waals surface area contributed by atoms with Crippen molar-refractivity contribution in [1.29, 1.82) is 0 Å². The number of rotatable bonds is 3. The summed E-state index contributed by atoms with van der Waals surface area (Å²) in [7, 11) is 0. The lowest BCUT2D eigenvalue weighted by atomic mass is 9.77. The smallest absolute Gasteiger partial charge is 0.0519 e. The zero-order valence-corrected chi connectivity index (χ0v) is 13.4. The zero-order valence-electron chi connectivity index (χ0n) is 12.6. The summed E-state index contributed by atoms with van der Waals surface area (Å²) in [4.78, 5) is 3.88. The van der Waals surface area contributed by atoms with Gasteiger partial charge < -0.3 is 10.6 Å². The molecule has 2 rings (SSSR count). The van der Waals surface area contributed by atoms with Crippen LogP contribution in [0.25, 0.3) is 0 Å². The van der Waals surface area contributed by atoms with Gasteiger partial charge >= 0.3 is 0 Å². The Morgan fingerprint density at radius 2 is 2.16 bits per heavy atom. The van der Waals surface area contributed by atoms with Crippen molar-refractivity contribution in [2.75, 3.05) is 19.6 Å². The molecule has 2 N–H and O–H groups in total. The number of thiophene rings is 1. The summed E-state index contributed by atoms with van der Waals surface area (Å²) in [6.45, 7) is 10.6. The second kappa shape index (κ2) is 6.38. The first kappa shape index (κ1) is 15.0. The normalized spacial score (nSPS) is 24.1. The molecule has 0 aromatic carbocycles. The van der Waals surface area contributed by atoms with E-state index < -0.39 is 0 Å². The molecule has 19 heavy (non-hydrogen) atoms. The van der Waals surface area contributed by atoms with Crippen molar-refractivity contribution in [3.8, 4) is 0 Å². The predicted octanol–water partition coefficient (Wildman–Crippen LogP) is 3.90. The van der Waals surface area contributed by atoms with Crippen molar-refractivity contribution < 1.29 is 0 Å². The van der Waals surface area contributed by atoms with Crippen molar-refractivity contribution in [3.05, 3.63) is 22.4 Å². The third-order valence-electron chi connectivity index (χ3n) is 4.41. The molecule has 1 aliphatic rings. The first-order valence-corrected chi connectivity index (χ1v) is 8.36. The molecule has 1 fully saturated rings. The van der Waals surface area contributed by atoms with E-state index >= 15 is 0 Å². The van der Waals surface area contributed by atoms with Crippen LogP contribution in [-0.4, -0.2) is 24.5 Å². The van der Waals surface area contributed by atoms with E-state index in [-0.39, 0.29) is 6.04 Å². The van der Waals surface area contributed by atoms with Gasteiger partial charge in [0.15, 0.2) is 0 Å². The second-order valence-electron chi connectivity index (χ2n) is 6.92. The molecule has 2 atom stereocenters. The molecule has 1 aromatic rings. The standard InChI is InChI=1S/C16H28N2S/c1-16(2,3)13-6-4-9-18(10-8-13)12-14(17)15-7-5-11-19-15/h5,7,11,13-14H,4,6,8-10,12,17H2,1-3H3. The highest BCUT2D eigenvalue weighted by atomic mass is 32.1. The molecule has 2 heterocycles. The van der Waals surface area contributed by atoms with E-state index in [4.69, 9.17) is 5.73 Å². The third kappa shape index (κ3) is 4.30. The summed E-state index contributed by atoms with van der Waals surface area (Å²) in [5.74, 6) is 0.857. The summed E-state index contributed by atoms with van der Waals surface area (Å²) in [5, 5.41) is 2.12. The van der Waals surface area contributed by atoms with Gasteiger partial charge in [-0.2, -0.15) is 0 Å². The van der Waals surface area contributed by atoms with Crippen LogP contribution >= 0.6 is 11.3 Å². The number of nitrogens with two attached hydrogens (primary N) is 1. The van der Waals surface area contributed by atoms with Gasteiger partial charge in [-0.3, -0.25) is 0 Å². The number of nitrogens with zero attached hydrogens (tertiary/aromatic N) is 1. The fourth-order valence-electron chi connectivity index (χ4n) is 3.07. The first-order chi connectivity index (χ1) is 8.97. The van der Waals surface area contributed by atoms with Crippen molar-refractivity contribution in [3.63, 3.8) is 0 Å². The molecule has 0 aliphatic carbocycles. The molecular weight excluding hydrogens is 252 g/mol. The second-order valence-corrected chi connectivity index (χ2v) is 7.90. The maximum Gasteiger partial charge on any atom is 0.0519 e. The highest BCUT2D eigenvalue weighted by Gasteiger charge is 2.27. The van der Waals surface area contributed by atoms with E-state index in [0.29, 0.717) is 5.41 Å². The fourth-order valence-corrected chi connectivity index (χ4v) is 3.80. The van der Waals surface area contributed by atoms with E-state index in [1.54, 1.807) is 11.3 Å². The molecule has 1 saturated heterocycles. The van der Waals surface area contributed by atoms with Gasteiger partial charge in [0, 0.05) is 11.4 Å². The predicted molar refractivity (Wildman–Crippen MR) is 84.5 cm³/mol. The average Bonchev–Trinajstić information content (AvgIpc) is 2.75. The van der Waals surface area contributed by atoms with E-state index in [1.165, 1.54) is 37.2 Å². The van der Waals surface area contributed by atoms with Crippen LogP contribution in [0.2, 0.25) is 0 Å². The van der Waals surface area contributed by atoms with E-state index in [1.807, 2.05) is 0 Å². The summed E-state index contributed by atoms with van der Waals surface area (Å²) in [6, 6.07) is 4.44. The lowest BCUT2D eigenvalue weighted by molar-refractivity contribution is 0.206. The van der Waals surface area contributed by atoms with Crippen LogP contribution in [0.5, 0.6) is 0 Å². The maximum atomic E-state index is 6.31. The van der Waals surface area contributed by atoms with Crippen molar-refractivity contribution in [2.24, 2.45) is 17.1 Å². The lowest BCUT2D eigenvalue weighted by Gasteiger charge is -2.30. The lowest BCUT2D eigenvalue weighted by Crippen LogP contribution is -2.33. The summed E-state index contributed by atoms with van der Waals surface area (Å²) >= 11 is 1.78. The molecule has 1 aromatic heterocycles. The Morgan fingerprint density at radius 3 is 2.79 bits per heavy atom. The Bertz CT molecular complexity index is 367. The van der Waals surface area contributed by atoms with Crippen LogP contribution in [-0.2, 0) is 0 Å². The van der Waals surface area contributed by atoms with Gasteiger partial charge in [0.25, 0.3) is 0 Å². The molecule has 0 bridgehead atoms. The molecule has 1 aliphatic heterocycles. The molecule has 3 heteroatoms. The van der Waals surface area contributed by atoms with Crippen molar-refractivity contribution >= 4 is 11.3 Å². The van der Waals surface area contributed by atoms with Crippen LogP contribution in [0.4, 0.5) is 0 Å². The Balaban J connectivity index is 1.86. The van der Waals surface area contributed by atoms with Gasteiger partial charge in [-0.25, -0.2) is 0 Å². The molecule has 0 radical (unpaired) electrons. The molecule has 0 amide bonds. The zero-order chi connectivity index (χ0) is 13.9. The van der Waals surface area contributed by atoms with Crippen LogP contribution in [0, 0.1) is 11.3 Å². The number of likely N-dealkylation sites (tertiary alicyclic amines) is 1. The van der Waals surface area contributed by atoms with Gasteiger partial charge in [-0.15, -0.1) is 11.3 Å². The SMILES string of the molecule is CC(C)(C)C1CCCN(CC(N)c2cccs2)CC1. The van der Waals surface area contributed by atoms with Crippen LogP contribution in [0.15, 0.2) is 17.5 Å².